The Balaban J connectivity index is 1.86. The molecule has 1 aromatic carbocycles. The highest BCUT2D eigenvalue weighted by atomic mass is 15.1. The van der Waals surface area contributed by atoms with E-state index >= 15 is 0 Å². The number of hydrogen-bond donors (Lipinski definition) is 1. The van der Waals surface area contributed by atoms with Gasteiger partial charge in [0.2, 0.25) is 0 Å². The van der Waals surface area contributed by atoms with Crippen LogP contribution < -0.4 is 10.6 Å². The summed E-state index contributed by atoms with van der Waals surface area (Å²) in [6.07, 6.45) is 8.57. The van der Waals surface area contributed by atoms with Crippen LogP contribution in [0.5, 0.6) is 0 Å². The van der Waals surface area contributed by atoms with Crippen molar-refractivity contribution in [3.05, 3.63) is 30.5 Å². The summed E-state index contributed by atoms with van der Waals surface area (Å²) in [6.45, 7) is 4.61. The number of nitrogens with two attached hydrogens (primary N) is 1. The van der Waals surface area contributed by atoms with Gasteiger partial charge in [-0.2, -0.15) is 0 Å². The molecule has 3 nitrogen and oxygen atoms in total. The molecule has 1 saturated heterocycles. The normalized spacial score (nSPS) is 19.7. The number of rotatable bonds is 3. The summed E-state index contributed by atoms with van der Waals surface area (Å²) < 4.78 is 0. The minimum absolute atomic E-state index is 0.783. The van der Waals surface area contributed by atoms with Gasteiger partial charge in [-0.3, -0.25) is 4.98 Å². The van der Waals surface area contributed by atoms with E-state index in [4.69, 9.17) is 5.73 Å². The molecular weight excluding hydrogens is 258 g/mol. The Kier molecular flexibility index (Phi) is 4.28. The van der Waals surface area contributed by atoms with Gasteiger partial charge in [0, 0.05) is 36.0 Å². The van der Waals surface area contributed by atoms with Crippen LogP contribution in [0, 0.1) is 5.92 Å². The second-order valence-corrected chi connectivity index (χ2v) is 6.18. The molecular formula is C18H25N3. The first-order valence-electron chi connectivity index (χ1n) is 8.17. The maximum absolute atomic E-state index is 5.88. The van der Waals surface area contributed by atoms with Crippen molar-refractivity contribution in [2.45, 2.75) is 39.0 Å². The molecule has 1 aromatic heterocycles. The van der Waals surface area contributed by atoms with Crippen LogP contribution >= 0.6 is 0 Å². The van der Waals surface area contributed by atoms with Crippen LogP contribution in [0.25, 0.3) is 10.9 Å². The lowest BCUT2D eigenvalue weighted by molar-refractivity contribution is 0.435. The lowest BCUT2D eigenvalue weighted by Gasteiger charge is -2.24. The van der Waals surface area contributed by atoms with E-state index in [9.17, 15) is 0 Å². The molecule has 0 saturated carbocycles. The molecule has 3 heteroatoms. The third-order valence-corrected chi connectivity index (χ3v) is 4.63. The third kappa shape index (κ3) is 3.12. The van der Waals surface area contributed by atoms with Gasteiger partial charge >= 0.3 is 0 Å². The first kappa shape index (κ1) is 14.2. The summed E-state index contributed by atoms with van der Waals surface area (Å²) >= 11 is 0. The van der Waals surface area contributed by atoms with Gasteiger partial charge < -0.3 is 10.6 Å². The molecule has 0 spiro atoms. The second-order valence-electron chi connectivity index (χ2n) is 6.18. The summed E-state index contributed by atoms with van der Waals surface area (Å²) in [5, 5.41) is 1.22. The summed E-state index contributed by atoms with van der Waals surface area (Å²) in [4.78, 5) is 7.00. The van der Waals surface area contributed by atoms with Crippen molar-refractivity contribution in [3.8, 4) is 0 Å². The van der Waals surface area contributed by atoms with Crippen LogP contribution in [-0.4, -0.2) is 18.1 Å². The number of nitrogens with zero attached hydrogens (tertiary/aromatic N) is 2. The molecule has 0 aliphatic carbocycles. The fourth-order valence-electron chi connectivity index (χ4n) is 3.53. The Morgan fingerprint density at radius 3 is 3.00 bits per heavy atom. The highest BCUT2D eigenvalue weighted by Gasteiger charge is 2.18. The molecule has 1 aliphatic rings. The van der Waals surface area contributed by atoms with Gasteiger partial charge in [-0.05, 0) is 49.4 Å². The van der Waals surface area contributed by atoms with Crippen molar-refractivity contribution < 1.29 is 0 Å². The number of anilines is 2. The van der Waals surface area contributed by atoms with Crippen LogP contribution in [0.4, 0.5) is 11.4 Å². The molecule has 112 valence electrons. The molecule has 0 bridgehead atoms. The predicted octanol–water partition coefficient (Wildman–Crippen LogP) is 4.22. The van der Waals surface area contributed by atoms with Crippen LogP contribution in [-0.2, 0) is 0 Å². The molecule has 1 atom stereocenters. The van der Waals surface area contributed by atoms with E-state index < -0.39 is 0 Å². The molecule has 3 rings (SSSR count). The maximum atomic E-state index is 5.88. The highest BCUT2D eigenvalue weighted by molar-refractivity contribution is 5.93. The van der Waals surface area contributed by atoms with Gasteiger partial charge in [-0.15, -0.1) is 0 Å². The quantitative estimate of drug-likeness (QED) is 0.857. The van der Waals surface area contributed by atoms with E-state index in [2.05, 4.69) is 28.9 Å². The van der Waals surface area contributed by atoms with Crippen LogP contribution in [0.1, 0.15) is 39.0 Å². The molecule has 2 N–H and O–H groups in total. The van der Waals surface area contributed by atoms with Gasteiger partial charge in [-0.25, -0.2) is 0 Å². The van der Waals surface area contributed by atoms with Crippen molar-refractivity contribution >= 4 is 22.3 Å². The average Bonchev–Trinajstić information content (AvgIpc) is 2.72. The zero-order valence-corrected chi connectivity index (χ0v) is 12.9. The standard InChI is InChI=1S/C18H25N3/c1-2-4-14-5-3-11-21(12-9-14)18-8-10-20-17-13-15(19)6-7-16(17)18/h6-8,10,13-14H,2-5,9,11-12,19H2,1H3. The van der Waals surface area contributed by atoms with Gasteiger partial charge in [-0.1, -0.05) is 19.8 Å². The predicted molar refractivity (Wildman–Crippen MR) is 90.6 cm³/mol. The van der Waals surface area contributed by atoms with Crippen LogP contribution in [0.2, 0.25) is 0 Å². The molecule has 0 amide bonds. The smallest absolute Gasteiger partial charge is 0.0743 e. The van der Waals surface area contributed by atoms with Crippen molar-refractivity contribution in [2.75, 3.05) is 23.7 Å². The van der Waals surface area contributed by atoms with E-state index in [-0.39, 0.29) is 0 Å². The van der Waals surface area contributed by atoms with E-state index in [0.29, 0.717) is 0 Å². The molecule has 2 heterocycles. The molecule has 21 heavy (non-hydrogen) atoms. The summed E-state index contributed by atoms with van der Waals surface area (Å²) in [5.41, 5.74) is 8.98. The van der Waals surface area contributed by atoms with Crippen LogP contribution in [0.15, 0.2) is 30.5 Å². The summed E-state index contributed by atoms with van der Waals surface area (Å²) in [7, 11) is 0. The van der Waals surface area contributed by atoms with Gasteiger partial charge in [0.1, 0.15) is 0 Å². The van der Waals surface area contributed by atoms with Crippen molar-refractivity contribution in [1.82, 2.24) is 4.98 Å². The topological polar surface area (TPSA) is 42.2 Å². The monoisotopic (exact) mass is 283 g/mol. The Morgan fingerprint density at radius 2 is 2.14 bits per heavy atom. The SMILES string of the molecule is CCCC1CCCN(c2ccnc3cc(N)ccc23)CC1. The minimum atomic E-state index is 0.783. The first-order valence-corrected chi connectivity index (χ1v) is 8.17. The van der Waals surface area contributed by atoms with E-state index in [1.54, 1.807) is 0 Å². The van der Waals surface area contributed by atoms with Crippen molar-refractivity contribution in [2.24, 2.45) is 5.92 Å². The molecule has 0 radical (unpaired) electrons. The van der Waals surface area contributed by atoms with E-state index in [1.807, 2.05) is 18.3 Å². The number of benzene rings is 1. The van der Waals surface area contributed by atoms with E-state index in [0.717, 1.165) is 30.2 Å². The number of pyridine rings is 1. The van der Waals surface area contributed by atoms with Gasteiger partial charge in [0.05, 0.1) is 5.52 Å². The van der Waals surface area contributed by atoms with Gasteiger partial charge in [0.25, 0.3) is 0 Å². The van der Waals surface area contributed by atoms with Crippen molar-refractivity contribution in [1.29, 1.82) is 0 Å². The third-order valence-electron chi connectivity index (χ3n) is 4.63. The first-order chi connectivity index (χ1) is 10.3. The Labute approximate surface area is 127 Å². The van der Waals surface area contributed by atoms with E-state index in [1.165, 1.54) is 43.2 Å². The Bertz CT molecular complexity index is 608. The zero-order valence-electron chi connectivity index (χ0n) is 12.9. The maximum Gasteiger partial charge on any atom is 0.0743 e. The summed E-state index contributed by atoms with van der Waals surface area (Å²) in [5.74, 6) is 0.906. The average molecular weight is 283 g/mol. The molecule has 2 aromatic rings. The molecule has 1 fully saturated rings. The molecule has 1 unspecified atom stereocenters. The largest absolute Gasteiger partial charge is 0.399 e. The van der Waals surface area contributed by atoms with Crippen molar-refractivity contribution in [3.63, 3.8) is 0 Å². The lowest BCUT2D eigenvalue weighted by atomic mass is 9.96. The second kappa shape index (κ2) is 6.33. The number of fused-ring (bicyclic) bond motifs is 1. The highest BCUT2D eigenvalue weighted by Crippen LogP contribution is 2.30. The fraction of sp³-hybridized carbons (Fsp3) is 0.500. The van der Waals surface area contributed by atoms with Crippen LogP contribution in [0.3, 0.4) is 0 Å². The number of hydrogen-bond acceptors (Lipinski definition) is 3. The fourth-order valence-corrected chi connectivity index (χ4v) is 3.53. The lowest BCUT2D eigenvalue weighted by Crippen LogP contribution is -2.24. The number of aromatic nitrogens is 1. The molecule has 1 aliphatic heterocycles. The Hall–Kier alpha value is -1.77. The summed E-state index contributed by atoms with van der Waals surface area (Å²) in [6, 6.07) is 8.21. The minimum Gasteiger partial charge on any atom is -0.399 e. The van der Waals surface area contributed by atoms with Gasteiger partial charge in [0.15, 0.2) is 0 Å². The number of nitrogen functional groups attached to an aromatic ring is 1. The Morgan fingerprint density at radius 1 is 1.24 bits per heavy atom. The zero-order chi connectivity index (χ0) is 14.7.